The lowest BCUT2D eigenvalue weighted by Gasteiger charge is -1.83. The molecule has 40 valence electrons. The molecule has 0 N–H and O–H groups in total. The van der Waals surface area contributed by atoms with Gasteiger partial charge in [-0.15, -0.1) is 6.58 Å². The molecule has 0 amide bonds. The van der Waals surface area contributed by atoms with Crippen LogP contribution in [-0.2, 0) is 0 Å². The van der Waals surface area contributed by atoms with E-state index in [9.17, 15) is 0 Å². The van der Waals surface area contributed by atoms with Crippen LogP contribution in [0.5, 0.6) is 0 Å². The third-order valence-corrected chi connectivity index (χ3v) is 2.54. The standard InChI is InChI=1S/C7H7N/c1-2-6-3-7(6,4-6)5-8/h2H,1,3-4H2. The monoisotopic (exact) mass is 105 g/mol. The minimum absolute atomic E-state index is 0.0920. The summed E-state index contributed by atoms with van der Waals surface area (Å²) in [5.74, 6) is 0. The lowest BCUT2D eigenvalue weighted by molar-refractivity contribution is 0.762. The van der Waals surface area contributed by atoms with Gasteiger partial charge in [0, 0.05) is 5.41 Å². The molecule has 0 aromatic heterocycles. The zero-order valence-corrected chi connectivity index (χ0v) is 4.65. The second-order valence-corrected chi connectivity index (χ2v) is 2.91. The van der Waals surface area contributed by atoms with Gasteiger partial charge in [-0.25, -0.2) is 0 Å². The van der Waals surface area contributed by atoms with E-state index < -0.39 is 0 Å². The van der Waals surface area contributed by atoms with Gasteiger partial charge in [0.25, 0.3) is 0 Å². The van der Waals surface area contributed by atoms with Gasteiger partial charge in [0.05, 0.1) is 11.5 Å². The molecule has 2 aliphatic rings. The smallest absolute Gasteiger partial charge is 0.0699 e. The van der Waals surface area contributed by atoms with Gasteiger partial charge in [0.1, 0.15) is 0 Å². The predicted octanol–water partition coefficient (Wildman–Crippen LogP) is 1.48. The van der Waals surface area contributed by atoms with Crippen LogP contribution in [0.1, 0.15) is 12.8 Å². The molecule has 2 aliphatic carbocycles. The highest BCUT2D eigenvalue weighted by atomic mass is 14.8. The molecule has 2 rings (SSSR count). The van der Waals surface area contributed by atoms with Crippen LogP contribution in [0, 0.1) is 22.2 Å². The summed E-state index contributed by atoms with van der Waals surface area (Å²) in [4.78, 5) is 0. The molecule has 0 aromatic rings. The Morgan fingerprint density at radius 2 is 2.25 bits per heavy atom. The van der Waals surface area contributed by atoms with Gasteiger partial charge in [-0.05, 0) is 12.8 Å². The fourth-order valence-corrected chi connectivity index (χ4v) is 1.47. The molecule has 0 bridgehead atoms. The van der Waals surface area contributed by atoms with Crippen molar-refractivity contribution in [3.05, 3.63) is 12.7 Å². The first-order valence-electron chi connectivity index (χ1n) is 2.83. The number of hydrogen-bond acceptors (Lipinski definition) is 1. The minimum atomic E-state index is 0.0920. The molecular formula is C7H7N. The van der Waals surface area contributed by atoms with Crippen molar-refractivity contribution in [2.75, 3.05) is 0 Å². The van der Waals surface area contributed by atoms with E-state index in [0.29, 0.717) is 5.41 Å². The average molecular weight is 105 g/mol. The Balaban J connectivity index is 2.29. The topological polar surface area (TPSA) is 23.8 Å². The molecule has 0 aromatic carbocycles. The average Bonchev–Trinajstić information content (AvgIpc) is 2.48. The third-order valence-electron chi connectivity index (χ3n) is 2.54. The van der Waals surface area contributed by atoms with E-state index in [1.807, 2.05) is 6.08 Å². The summed E-state index contributed by atoms with van der Waals surface area (Å²) in [7, 11) is 0. The normalized spacial score (nSPS) is 55.9. The number of allylic oxidation sites excluding steroid dienone is 1. The largest absolute Gasteiger partial charge is 0.198 e. The van der Waals surface area contributed by atoms with Crippen molar-refractivity contribution in [3.8, 4) is 6.07 Å². The van der Waals surface area contributed by atoms with Crippen LogP contribution in [0.2, 0.25) is 0 Å². The molecule has 0 unspecified atom stereocenters. The summed E-state index contributed by atoms with van der Waals surface area (Å²) >= 11 is 0. The van der Waals surface area contributed by atoms with E-state index in [1.165, 1.54) is 0 Å². The Morgan fingerprint density at radius 1 is 1.62 bits per heavy atom. The lowest BCUT2D eigenvalue weighted by atomic mass is 10.2. The number of nitrogens with zero attached hydrogens (tertiary/aromatic N) is 1. The Labute approximate surface area is 48.6 Å². The summed E-state index contributed by atoms with van der Waals surface area (Å²) in [6.07, 6.45) is 4.11. The fraction of sp³-hybridized carbons (Fsp3) is 0.571. The van der Waals surface area contributed by atoms with Gasteiger partial charge in [-0.1, -0.05) is 6.08 Å². The molecule has 0 spiro atoms. The van der Waals surface area contributed by atoms with Crippen molar-refractivity contribution in [3.63, 3.8) is 0 Å². The number of rotatable bonds is 1. The van der Waals surface area contributed by atoms with Crippen LogP contribution in [-0.4, -0.2) is 0 Å². The zero-order valence-electron chi connectivity index (χ0n) is 4.65. The van der Waals surface area contributed by atoms with E-state index in [0.717, 1.165) is 12.8 Å². The third kappa shape index (κ3) is 0.189. The highest BCUT2D eigenvalue weighted by Gasteiger charge is 2.82. The van der Waals surface area contributed by atoms with Crippen molar-refractivity contribution in [1.82, 2.24) is 0 Å². The first kappa shape index (κ1) is 4.14. The van der Waals surface area contributed by atoms with E-state index in [-0.39, 0.29) is 5.41 Å². The highest BCUT2D eigenvalue weighted by molar-refractivity contribution is 5.44. The van der Waals surface area contributed by atoms with Crippen LogP contribution >= 0.6 is 0 Å². The van der Waals surface area contributed by atoms with E-state index in [1.54, 1.807) is 0 Å². The fourth-order valence-electron chi connectivity index (χ4n) is 1.47. The number of nitriles is 1. The molecule has 0 radical (unpaired) electrons. The Morgan fingerprint density at radius 3 is 2.38 bits per heavy atom. The van der Waals surface area contributed by atoms with Gasteiger partial charge in [0.2, 0.25) is 0 Å². The van der Waals surface area contributed by atoms with Gasteiger partial charge < -0.3 is 0 Å². The van der Waals surface area contributed by atoms with E-state index >= 15 is 0 Å². The maximum Gasteiger partial charge on any atom is 0.0699 e. The molecule has 0 heterocycles. The van der Waals surface area contributed by atoms with Crippen LogP contribution < -0.4 is 0 Å². The second-order valence-electron chi connectivity index (χ2n) is 2.91. The highest BCUT2D eigenvalue weighted by Crippen LogP contribution is 2.86. The molecule has 0 atom stereocenters. The Hall–Kier alpha value is -0.770. The predicted molar refractivity (Wildman–Crippen MR) is 29.9 cm³/mol. The summed E-state index contributed by atoms with van der Waals surface area (Å²) in [5, 5.41) is 8.51. The first-order valence-corrected chi connectivity index (χ1v) is 2.83. The second kappa shape index (κ2) is 0.735. The maximum absolute atomic E-state index is 8.51. The van der Waals surface area contributed by atoms with Gasteiger partial charge in [-0.3, -0.25) is 0 Å². The number of hydrogen-bond donors (Lipinski definition) is 0. The summed E-state index contributed by atoms with van der Waals surface area (Å²) in [6, 6.07) is 2.31. The van der Waals surface area contributed by atoms with Gasteiger partial charge in [-0.2, -0.15) is 5.26 Å². The summed E-state index contributed by atoms with van der Waals surface area (Å²) in [5.41, 5.74) is 0.399. The summed E-state index contributed by atoms with van der Waals surface area (Å²) < 4.78 is 0. The van der Waals surface area contributed by atoms with Crippen molar-refractivity contribution in [1.29, 1.82) is 5.26 Å². The Bertz CT molecular complexity index is 191. The first-order chi connectivity index (χ1) is 3.79. The van der Waals surface area contributed by atoms with E-state index in [2.05, 4.69) is 12.6 Å². The molecule has 8 heavy (non-hydrogen) atoms. The zero-order chi connectivity index (χ0) is 5.83. The van der Waals surface area contributed by atoms with Crippen molar-refractivity contribution < 1.29 is 0 Å². The van der Waals surface area contributed by atoms with Crippen LogP contribution in [0.25, 0.3) is 0 Å². The molecule has 0 aliphatic heterocycles. The molecule has 0 saturated heterocycles. The number of fused-ring (bicyclic) bond motifs is 1. The molecule has 2 fully saturated rings. The molecule has 1 heteroatoms. The molecule has 2 saturated carbocycles. The van der Waals surface area contributed by atoms with Crippen LogP contribution in [0.4, 0.5) is 0 Å². The minimum Gasteiger partial charge on any atom is -0.198 e. The Kier molecular flexibility index (Phi) is 0.380. The van der Waals surface area contributed by atoms with E-state index in [4.69, 9.17) is 5.26 Å². The van der Waals surface area contributed by atoms with Gasteiger partial charge >= 0.3 is 0 Å². The SMILES string of the molecule is C=CC12CC1(C#N)C2. The van der Waals surface area contributed by atoms with Crippen LogP contribution in [0.3, 0.4) is 0 Å². The van der Waals surface area contributed by atoms with Crippen molar-refractivity contribution >= 4 is 0 Å². The maximum atomic E-state index is 8.51. The van der Waals surface area contributed by atoms with Crippen molar-refractivity contribution in [2.24, 2.45) is 10.8 Å². The summed E-state index contributed by atoms with van der Waals surface area (Å²) in [6.45, 7) is 3.68. The lowest BCUT2D eigenvalue weighted by Crippen LogP contribution is -1.74. The van der Waals surface area contributed by atoms with Gasteiger partial charge in [0.15, 0.2) is 0 Å². The quantitative estimate of drug-likeness (QED) is 0.463. The van der Waals surface area contributed by atoms with Crippen molar-refractivity contribution in [2.45, 2.75) is 12.8 Å². The molecule has 1 nitrogen and oxygen atoms in total. The molecular weight excluding hydrogens is 98.1 g/mol. The van der Waals surface area contributed by atoms with Crippen LogP contribution in [0.15, 0.2) is 12.7 Å².